The number of hydrogen-bond acceptors (Lipinski definition) is 6. The number of carbonyl (C=O) groups excluding carboxylic acids is 2. The van der Waals surface area contributed by atoms with Crippen molar-refractivity contribution in [2.24, 2.45) is 0 Å². The van der Waals surface area contributed by atoms with E-state index in [0.29, 0.717) is 6.07 Å². The van der Waals surface area contributed by atoms with Crippen molar-refractivity contribution in [1.29, 1.82) is 0 Å². The molecule has 0 atom stereocenters. The van der Waals surface area contributed by atoms with E-state index in [0.717, 1.165) is 17.7 Å². The number of nitro groups is 2. The number of para-hydroxylation sites is 1. The second kappa shape index (κ2) is 9.27. The number of anilines is 1. The fourth-order valence-corrected chi connectivity index (χ4v) is 2.83. The van der Waals surface area contributed by atoms with Crippen LogP contribution in [0, 0.1) is 20.2 Å². The van der Waals surface area contributed by atoms with E-state index in [1.165, 1.54) is 12.1 Å². The van der Waals surface area contributed by atoms with Gasteiger partial charge in [-0.2, -0.15) is 0 Å². The molecule has 0 unspecified atom stereocenters. The first-order valence-corrected chi connectivity index (χ1v) is 9.02. The summed E-state index contributed by atoms with van der Waals surface area (Å²) in [7, 11) is 0. The first-order chi connectivity index (χ1) is 14.9. The average molecular weight is 420 g/mol. The summed E-state index contributed by atoms with van der Waals surface area (Å²) in [6.45, 7) is 0.274. The molecule has 3 aromatic rings. The van der Waals surface area contributed by atoms with Gasteiger partial charge in [-0.3, -0.25) is 29.8 Å². The highest BCUT2D eigenvalue weighted by molar-refractivity contribution is 6.10. The summed E-state index contributed by atoms with van der Waals surface area (Å²) in [6, 6.07) is 18.1. The second-order valence-corrected chi connectivity index (χ2v) is 6.38. The number of hydrogen-bond donors (Lipinski definition) is 2. The van der Waals surface area contributed by atoms with Crippen LogP contribution in [0.2, 0.25) is 0 Å². The molecule has 0 aliphatic carbocycles. The molecule has 0 radical (unpaired) electrons. The van der Waals surface area contributed by atoms with Crippen molar-refractivity contribution in [2.45, 2.75) is 6.54 Å². The first-order valence-electron chi connectivity index (χ1n) is 9.02. The van der Waals surface area contributed by atoms with Gasteiger partial charge < -0.3 is 10.6 Å². The van der Waals surface area contributed by atoms with Crippen LogP contribution in [0.4, 0.5) is 17.1 Å². The molecule has 3 aromatic carbocycles. The highest BCUT2D eigenvalue weighted by atomic mass is 16.6. The highest BCUT2D eigenvalue weighted by Gasteiger charge is 2.25. The van der Waals surface area contributed by atoms with E-state index in [1.54, 1.807) is 12.1 Å². The zero-order valence-corrected chi connectivity index (χ0v) is 16.0. The SMILES string of the molecule is O=C(NCc1ccccc1)c1ccccc1NC(=O)c1ccc([N+](=O)[O-])cc1[N+](=O)[O-]. The third kappa shape index (κ3) is 5.07. The summed E-state index contributed by atoms with van der Waals surface area (Å²) >= 11 is 0. The number of nitro benzene ring substituents is 2. The van der Waals surface area contributed by atoms with Crippen molar-refractivity contribution in [2.75, 3.05) is 5.32 Å². The van der Waals surface area contributed by atoms with Crippen molar-refractivity contribution in [3.63, 3.8) is 0 Å². The van der Waals surface area contributed by atoms with Crippen LogP contribution in [0.5, 0.6) is 0 Å². The minimum Gasteiger partial charge on any atom is -0.348 e. The maximum atomic E-state index is 12.7. The molecular weight excluding hydrogens is 404 g/mol. The van der Waals surface area contributed by atoms with Crippen molar-refractivity contribution in [3.05, 3.63) is 110 Å². The minimum absolute atomic E-state index is 0.144. The van der Waals surface area contributed by atoms with Crippen molar-refractivity contribution in [3.8, 4) is 0 Å². The highest BCUT2D eigenvalue weighted by Crippen LogP contribution is 2.26. The Balaban J connectivity index is 1.82. The first kappa shape index (κ1) is 21.1. The lowest BCUT2D eigenvalue weighted by atomic mass is 10.1. The molecule has 0 saturated carbocycles. The van der Waals surface area contributed by atoms with Gasteiger partial charge in [0.05, 0.1) is 27.2 Å². The minimum atomic E-state index is -0.875. The standard InChI is InChI=1S/C21H16N4O6/c26-20(22-13-14-6-2-1-3-7-14)16-8-4-5-9-18(16)23-21(27)17-11-10-15(24(28)29)12-19(17)25(30)31/h1-12H,13H2,(H,22,26)(H,23,27). The Morgan fingerprint density at radius 1 is 0.774 bits per heavy atom. The Hall–Kier alpha value is -4.60. The van der Waals surface area contributed by atoms with Gasteiger partial charge >= 0.3 is 0 Å². The molecule has 2 amide bonds. The Morgan fingerprint density at radius 2 is 1.45 bits per heavy atom. The zero-order valence-electron chi connectivity index (χ0n) is 16.0. The number of amides is 2. The van der Waals surface area contributed by atoms with Crippen LogP contribution in [-0.4, -0.2) is 21.7 Å². The molecule has 0 heterocycles. The average Bonchev–Trinajstić information content (AvgIpc) is 2.78. The second-order valence-electron chi connectivity index (χ2n) is 6.38. The van der Waals surface area contributed by atoms with E-state index >= 15 is 0 Å². The van der Waals surface area contributed by atoms with Crippen LogP contribution in [0.15, 0.2) is 72.8 Å². The van der Waals surface area contributed by atoms with Crippen LogP contribution >= 0.6 is 0 Å². The van der Waals surface area contributed by atoms with E-state index < -0.39 is 33.0 Å². The normalized spacial score (nSPS) is 10.2. The summed E-state index contributed by atoms with van der Waals surface area (Å²) < 4.78 is 0. The van der Waals surface area contributed by atoms with Crippen molar-refractivity contribution in [1.82, 2.24) is 5.32 Å². The number of nitrogens with one attached hydrogen (secondary N) is 2. The maximum Gasteiger partial charge on any atom is 0.289 e. The molecule has 0 aliphatic heterocycles. The Morgan fingerprint density at radius 3 is 2.13 bits per heavy atom. The molecular formula is C21H16N4O6. The lowest BCUT2D eigenvalue weighted by molar-refractivity contribution is -0.394. The third-order valence-electron chi connectivity index (χ3n) is 4.35. The molecule has 31 heavy (non-hydrogen) atoms. The van der Waals surface area contributed by atoms with Crippen molar-refractivity contribution >= 4 is 28.9 Å². The molecule has 0 spiro atoms. The number of nitrogens with zero attached hydrogens (tertiary/aromatic N) is 2. The molecule has 10 heteroatoms. The van der Waals surface area contributed by atoms with Crippen LogP contribution in [0.1, 0.15) is 26.3 Å². The molecule has 156 valence electrons. The molecule has 2 N–H and O–H groups in total. The number of benzene rings is 3. The van der Waals surface area contributed by atoms with Crippen molar-refractivity contribution < 1.29 is 19.4 Å². The predicted octanol–water partition coefficient (Wildman–Crippen LogP) is 3.69. The van der Waals surface area contributed by atoms with Gasteiger partial charge in [-0.1, -0.05) is 42.5 Å². The van der Waals surface area contributed by atoms with E-state index in [4.69, 9.17) is 0 Å². The monoisotopic (exact) mass is 420 g/mol. The van der Waals surface area contributed by atoms with Gasteiger partial charge in [-0.25, -0.2) is 0 Å². The summed E-state index contributed by atoms with van der Waals surface area (Å²) in [5.74, 6) is -1.32. The topological polar surface area (TPSA) is 144 Å². The molecule has 0 aromatic heterocycles. The lowest BCUT2D eigenvalue weighted by Gasteiger charge is -2.12. The van der Waals surface area contributed by atoms with Gasteiger partial charge in [0.1, 0.15) is 5.56 Å². The molecule has 0 saturated heterocycles. The Kier molecular flexibility index (Phi) is 6.31. The van der Waals surface area contributed by atoms with Crippen LogP contribution in [0.25, 0.3) is 0 Å². The zero-order chi connectivity index (χ0) is 22.4. The molecule has 0 fully saturated rings. The van der Waals surface area contributed by atoms with Gasteiger partial charge in [0.15, 0.2) is 0 Å². The fraction of sp³-hybridized carbons (Fsp3) is 0.0476. The Labute approximate surface area is 175 Å². The number of carbonyl (C=O) groups is 2. The number of non-ortho nitro benzene ring substituents is 1. The van der Waals surface area contributed by atoms with E-state index in [2.05, 4.69) is 10.6 Å². The summed E-state index contributed by atoms with van der Waals surface area (Å²) in [5.41, 5.74) is -0.391. The molecule has 0 aliphatic rings. The van der Waals surface area contributed by atoms with Gasteiger partial charge in [-0.05, 0) is 23.8 Å². The van der Waals surface area contributed by atoms with Crippen LogP contribution < -0.4 is 10.6 Å². The van der Waals surface area contributed by atoms with Crippen LogP contribution in [0.3, 0.4) is 0 Å². The summed E-state index contributed by atoms with van der Waals surface area (Å²) in [5, 5.41) is 27.4. The van der Waals surface area contributed by atoms with Crippen LogP contribution in [-0.2, 0) is 6.54 Å². The van der Waals surface area contributed by atoms with Gasteiger partial charge in [-0.15, -0.1) is 0 Å². The molecule has 0 bridgehead atoms. The fourth-order valence-electron chi connectivity index (χ4n) is 2.83. The predicted molar refractivity (Wildman–Crippen MR) is 112 cm³/mol. The van der Waals surface area contributed by atoms with Gasteiger partial charge in [0.2, 0.25) is 0 Å². The largest absolute Gasteiger partial charge is 0.348 e. The summed E-state index contributed by atoms with van der Waals surface area (Å²) in [6.07, 6.45) is 0. The molecule has 3 rings (SSSR count). The number of rotatable bonds is 7. The smallest absolute Gasteiger partial charge is 0.289 e. The lowest BCUT2D eigenvalue weighted by Crippen LogP contribution is -2.25. The van der Waals surface area contributed by atoms with E-state index in [1.807, 2.05) is 30.3 Å². The Bertz CT molecular complexity index is 1160. The van der Waals surface area contributed by atoms with E-state index in [9.17, 15) is 29.8 Å². The maximum absolute atomic E-state index is 12.7. The summed E-state index contributed by atoms with van der Waals surface area (Å²) in [4.78, 5) is 45.8. The quantitative estimate of drug-likeness (QED) is 0.440. The third-order valence-corrected chi connectivity index (χ3v) is 4.35. The van der Waals surface area contributed by atoms with Gasteiger partial charge in [0.25, 0.3) is 23.2 Å². The van der Waals surface area contributed by atoms with E-state index in [-0.39, 0.29) is 23.4 Å². The van der Waals surface area contributed by atoms with Gasteiger partial charge in [0, 0.05) is 12.6 Å². The molecule has 10 nitrogen and oxygen atoms in total.